The summed E-state index contributed by atoms with van der Waals surface area (Å²) in [5.41, 5.74) is 9.46. The number of piperidine rings is 1. The molecule has 3 unspecified atom stereocenters. The molecule has 1 aliphatic heterocycles. The van der Waals surface area contributed by atoms with Gasteiger partial charge in [-0.25, -0.2) is 0 Å². The van der Waals surface area contributed by atoms with Crippen molar-refractivity contribution in [2.45, 2.75) is 57.5 Å². The molecule has 2 N–H and O–H groups in total. The molecule has 0 saturated carbocycles. The first-order valence-corrected chi connectivity index (χ1v) is 8.29. The monoisotopic (exact) mass is 272 g/mol. The van der Waals surface area contributed by atoms with Gasteiger partial charge in [0.1, 0.15) is 0 Å². The lowest BCUT2D eigenvalue weighted by Crippen LogP contribution is -2.49. The summed E-state index contributed by atoms with van der Waals surface area (Å²) in [4.78, 5) is 2.67. The van der Waals surface area contributed by atoms with Crippen LogP contribution in [-0.4, -0.2) is 24.0 Å². The van der Waals surface area contributed by atoms with E-state index in [0.717, 1.165) is 5.92 Å². The molecular formula is C18H28N2. The molecule has 110 valence electrons. The summed E-state index contributed by atoms with van der Waals surface area (Å²) in [5.74, 6) is 1.58. The van der Waals surface area contributed by atoms with E-state index in [1.807, 2.05) is 0 Å². The summed E-state index contributed by atoms with van der Waals surface area (Å²) in [5, 5.41) is 0. The van der Waals surface area contributed by atoms with Crippen molar-refractivity contribution < 1.29 is 0 Å². The molecule has 0 bridgehead atoms. The lowest BCUT2D eigenvalue weighted by molar-refractivity contribution is 0.0990. The Labute approximate surface area is 123 Å². The van der Waals surface area contributed by atoms with Crippen LogP contribution in [0.25, 0.3) is 0 Å². The first-order chi connectivity index (χ1) is 9.70. The van der Waals surface area contributed by atoms with Crippen molar-refractivity contribution in [1.29, 1.82) is 0 Å². The standard InChI is InChI=1S/C18H28N2/c1-3-14-8-10-20(11-9-14)17-12-13(2)15-6-4-5-7-16(15)18(17)19/h4-7,13-14,17-18H,3,8-12,19H2,1-2H3. The molecule has 2 heteroatoms. The summed E-state index contributed by atoms with van der Waals surface area (Å²) in [6.07, 6.45) is 5.27. The van der Waals surface area contributed by atoms with E-state index < -0.39 is 0 Å². The molecule has 1 heterocycles. The number of nitrogens with two attached hydrogens (primary N) is 1. The average molecular weight is 272 g/mol. The molecule has 20 heavy (non-hydrogen) atoms. The van der Waals surface area contributed by atoms with Crippen molar-refractivity contribution in [2.75, 3.05) is 13.1 Å². The molecule has 1 aliphatic carbocycles. The normalized spacial score (nSPS) is 32.0. The highest BCUT2D eigenvalue weighted by Gasteiger charge is 2.35. The summed E-state index contributed by atoms with van der Waals surface area (Å²) < 4.78 is 0. The SMILES string of the molecule is CCC1CCN(C2CC(C)c3ccccc3C2N)CC1. The zero-order valence-electron chi connectivity index (χ0n) is 12.9. The van der Waals surface area contributed by atoms with Gasteiger partial charge in [0.05, 0.1) is 0 Å². The average Bonchev–Trinajstić information content (AvgIpc) is 2.51. The van der Waals surface area contributed by atoms with Gasteiger partial charge in [-0.15, -0.1) is 0 Å². The van der Waals surface area contributed by atoms with E-state index in [1.54, 1.807) is 0 Å². The Morgan fingerprint density at radius 2 is 1.80 bits per heavy atom. The van der Waals surface area contributed by atoms with Crippen LogP contribution in [0, 0.1) is 5.92 Å². The summed E-state index contributed by atoms with van der Waals surface area (Å²) in [7, 11) is 0. The second-order valence-corrected chi connectivity index (χ2v) is 6.75. The zero-order chi connectivity index (χ0) is 14.1. The maximum absolute atomic E-state index is 6.61. The van der Waals surface area contributed by atoms with E-state index in [0.29, 0.717) is 12.0 Å². The third kappa shape index (κ3) is 2.51. The first-order valence-electron chi connectivity index (χ1n) is 8.29. The zero-order valence-corrected chi connectivity index (χ0v) is 12.9. The fraction of sp³-hybridized carbons (Fsp3) is 0.667. The number of benzene rings is 1. The third-order valence-corrected chi connectivity index (χ3v) is 5.59. The quantitative estimate of drug-likeness (QED) is 0.890. The van der Waals surface area contributed by atoms with E-state index in [-0.39, 0.29) is 6.04 Å². The molecular weight excluding hydrogens is 244 g/mol. The maximum atomic E-state index is 6.61. The van der Waals surface area contributed by atoms with Crippen molar-refractivity contribution in [1.82, 2.24) is 4.90 Å². The minimum Gasteiger partial charge on any atom is -0.323 e. The van der Waals surface area contributed by atoms with Crippen LogP contribution in [-0.2, 0) is 0 Å². The van der Waals surface area contributed by atoms with Gasteiger partial charge in [0.25, 0.3) is 0 Å². The minimum atomic E-state index is 0.195. The molecule has 1 aromatic rings. The molecule has 0 amide bonds. The van der Waals surface area contributed by atoms with Crippen LogP contribution < -0.4 is 5.73 Å². The Morgan fingerprint density at radius 3 is 2.45 bits per heavy atom. The fourth-order valence-corrected chi connectivity index (χ4v) is 4.18. The largest absolute Gasteiger partial charge is 0.323 e. The highest BCUT2D eigenvalue weighted by Crippen LogP contribution is 2.39. The number of fused-ring (bicyclic) bond motifs is 1. The van der Waals surface area contributed by atoms with Crippen LogP contribution in [0.3, 0.4) is 0 Å². The topological polar surface area (TPSA) is 29.3 Å². The van der Waals surface area contributed by atoms with E-state index >= 15 is 0 Å². The van der Waals surface area contributed by atoms with Crippen molar-refractivity contribution in [2.24, 2.45) is 11.7 Å². The van der Waals surface area contributed by atoms with Gasteiger partial charge in [-0.2, -0.15) is 0 Å². The fourth-order valence-electron chi connectivity index (χ4n) is 4.18. The van der Waals surface area contributed by atoms with Gasteiger partial charge >= 0.3 is 0 Å². The van der Waals surface area contributed by atoms with E-state index in [4.69, 9.17) is 5.73 Å². The Bertz CT molecular complexity index is 448. The number of rotatable bonds is 2. The number of hydrogen-bond donors (Lipinski definition) is 1. The molecule has 1 saturated heterocycles. The molecule has 3 rings (SSSR count). The van der Waals surface area contributed by atoms with Crippen LogP contribution >= 0.6 is 0 Å². The van der Waals surface area contributed by atoms with Crippen LogP contribution in [0.2, 0.25) is 0 Å². The van der Waals surface area contributed by atoms with Gasteiger partial charge in [0.2, 0.25) is 0 Å². The first kappa shape index (κ1) is 14.1. The van der Waals surface area contributed by atoms with Gasteiger partial charge < -0.3 is 5.73 Å². The molecule has 2 aliphatic rings. The lowest BCUT2D eigenvalue weighted by atomic mass is 9.77. The predicted octanol–water partition coefficient (Wildman–Crippen LogP) is 3.68. The van der Waals surface area contributed by atoms with Gasteiger partial charge in [0.15, 0.2) is 0 Å². The number of likely N-dealkylation sites (tertiary alicyclic amines) is 1. The molecule has 3 atom stereocenters. The van der Waals surface area contributed by atoms with E-state index in [2.05, 4.69) is 43.0 Å². The van der Waals surface area contributed by atoms with Gasteiger partial charge in [-0.05, 0) is 55.3 Å². The summed E-state index contributed by atoms with van der Waals surface area (Å²) >= 11 is 0. The highest BCUT2D eigenvalue weighted by atomic mass is 15.2. The summed E-state index contributed by atoms with van der Waals surface area (Å²) in [6.45, 7) is 7.17. The maximum Gasteiger partial charge on any atom is 0.0456 e. The Balaban J connectivity index is 1.76. The number of nitrogens with zero attached hydrogens (tertiary/aromatic N) is 1. The third-order valence-electron chi connectivity index (χ3n) is 5.59. The van der Waals surface area contributed by atoms with E-state index in [1.165, 1.54) is 49.9 Å². The van der Waals surface area contributed by atoms with Crippen molar-refractivity contribution >= 4 is 0 Å². The molecule has 1 fully saturated rings. The molecule has 2 nitrogen and oxygen atoms in total. The predicted molar refractivity (Wildman–Crippen MR) is 84.8 cm³/mol. The molecule has 0 radical (unpaired) electrons. The molecule has 0 aromatic heterocycles. The second kappa shape index (κ2) is 5.87. The van der Waals surface area contributed by atoms with Gasteiger partial charge in [-0.3, -0.25) is 4.90 Å². The lowest BCUT2D eigenvalue weighted by Gasteiger charge is -2.44. The highest BCUT2D eigenvalue weighted by molar-refractivity contribution is 5.36. The van der Waals surface area contributed by atoms with Crippen LogP contribution in [0.4, 0.5) is 0 Å². The van der Waals surface area contributed by atoms with E-state index in [9.17, 15) is 0 Å². The Kier molecular flexibility index (Phi) is 4.13. The van der Waals surface area contributed by atoms with Crippen molar-refractivity contribution in [3.8, 4) is 0 Å². The molecule has 0 spiro atoms. The Hall–Kier alpha value is -0.860. The summed E-state index contributed by atoms with van der Waals surface area (Å²) in [6, 6.07) is 9.52. The second-order valence-electron chi connectivity index (χ2n) is 6.75. The minimum absolute atomic E-state index is 0.195. The van der Waals surface area contributed by atoms with Crippen LogP contribution in [0.5, 0.6) is 0 Å². The van der Waals surface area contributed by atoms with Gasteiger partial charge in [-0.1, -0.05) is 44.5 Å². The molecule has 1 aromatic carbocycles. The smallest absolute Gasteiger partial charge is 0.0456 e. The Morgan fingerprint density at radius 1 is 1.15 bits per heavy atom. The van der Waals surface area contributed by atoms with Gasteiger partial charge in [0, 0.05) is 12.1 Å². The van der Waals surface area contributed by atoms with Crippen molar-refractivity contribution in [3.63, 3.8) is 0 Å². The van der Waals surface area contributed by atoms with Crippen LogP contribution in [0.1, 0.15) is 62.6 Å². The van der Waals surface area contributed by atoms with Crippen molar-refractivity contribution in [3.05, 3.63) is 35.4 Å². The number of hydrogen-bond acceptors (Lipinski definition) is 2. The van der Waals surface area contributed by atoms with Crippen LogP contribution in [0.15, 0.2) is 24.3 Å².